The zero-order chi connectivity index (χ0) is 22.1. The van der Waals surface area contributed by atoms with Crippen molar-refractivity contribution in [2.24, 2.45) is 0 Å². The van der Waals surface area contributed by atoms with Crippen molar-refractivity contribution >= 4 is 39.0 Å². The lowest BCUT2D eigenvalue weighted by Crippen LogP contribution is -2.36. The number of Topliss-reactive ketones (excluding diaryl/α,β-unsaturated/α-hetero) is 1. The van der Waals surface area contributed by atoms with E-state index in [1.165, 1.54) is 11.3 Å². The number of benzene rings is 1. The summed E-state index contributed by atoms with van der Waals surface area (Å²) in [6.07, 6.45) is 6.26. The van der Waals surface area contributed by atoms with Crippen LogP contribution in [0.3, 0.4) is 0 Å². The lowest BCUT2D eigenvalue weighted by Gasteiger charge is -2.26. The second kappa shape index (κ2) is 8.76. The monoisotopic (exact) mass is 501 g/mol. The first kappa shape index (κ1) is 21.5. The number of aryl methyl sites for hydroxylation is 3. The number of nitrogens with zero attached hydrogens (tertiary/aromatic N) is 3. The Morgan fingerprint density at radius 3 is 2.84 bits per heavy atom. The Hall–Kier alpha value is -2.78. The Labute approximate surface area is 192 Å². The maximum absolute atomic E-state index is 13.5. The standard InChI is InChI=1S/C22H21BrN4O3S/c1-13-21(31-14(2)25-13)19(28)17-18(15-5-3-6-16(23)11-15)27(22(30)20(17)29)9-4-8-26-10-7-24-12-26/h3,5-7,10-12,18H,4,8-9H2,1-2H3,(H,28,29)/p+1. The Morgan fingerprint density at radius 2 is 2.19 bits per heavy atom. The molecular weight excluding hydrogens is 480 g/mol. The minimum atomic E-state index is -0.657. The van der Waals surface area contributed by atoms with Crippen molar-refractivity contribution in [3.05, 3.63) is 79.9 Å². The molecule has 1 atom stereocenters. The van der Waals surface area contributed by atoms with Crippen molar-refractivity contribution in [2.45, 2.75) is 32.9 Å². The minimum Gasteiger partial charge on any atom is -0.503 e. The number of ketones is 1. The lowest BCUT2D eigenvalue weighted by molar-refractivity contribution is -0.695. The van der Waals surface area contributed by atoms with Gasteiger partial charge < -0.3 is 10.0 Å². The third-order valence-corrected chi connectivity index (χ3v) is 6.81. The lowest BCUT2D eigenvalue weighted by atomic mass is 9.95. The number of thiazole rings is 1. The maximum Gasteiger partial charge on any atom is 0.290 e. The van der Waals surface area contributed by atoms with E-state index in [2.05, 4.69) is 25.9 Å². The van der Waals surface area contributed by atoms with E-state index < -0.39 is 17.7 Å². The number of aromatic amines is 1. The number of aromatic nitrogens is 3. The van der Waals surface area contributed by atoms with Crippen LogP contribution in [0.5, 0.6) is 0 Å². The summed E-state index contributed by atoms with van der Waals surface area (Å²) in [7, 11) is 0. The predicted octanol–water partition coefficient (Wildman–Crippen LogP) is 3.81. The van der Waals surface area contributed by atoms with Gasteiger partial charge in [-0.2, -0.15) is 0 Å². The Kier molecular flexibility index (Phi) is 6.06. The van der Waals surface area contributed by atoms with Crippen LogP contribution in [-0.2, 0) is 11.3 Å². The van der Waals surface area contributed by atoms with E-state index in [4.69, 9.17) is 0 Å². The molecule has 1 aliphatic heterocycles. The molecule has 0 saturated heterocycles. The average Bonchev–Trinajstić information content (AvgIpc) is 3.42. The molecule has 1 unspecified atom stereocenters. The maximum atomic E-state index is 13.5. The van der Waals surface area contributed by atoms with E-state index in [-0.39, 0.29) is 11.4 Å². The molecule has 160 valence electrons. The Bertz CT molecular complexity index is 1170. The van der Waals surface area contributed by atoms with Gasteiger partial charge in [0.15, 0.2) is 5.76 Å². The van der Waals surface area contributed by atoms with Crippen LogP contribution in [0.15, 0.2) is 58.8 Å². The summed E-state index contributed by atoms with van der Waals surface area (Å²) in [5.74, 6) is -1.34. The van der Waals surface area contributed by atoms with Crippen LogP contribution in [0.25, 0.3) is 0 Å². The van der Waals surface area contributed by atoms with E-state index in [0.717, 1.165) is 15.0 Å². The number of nitrogens with one attached hydrogen (secondary N) is 1. The largest absolute Gasteiger partial charge is 0.503 e. The summed E-state index contributed by atoms with van der Waals surface area (Å²) in [6.45, 7) is 4.70. The Morgan fingerprint density at radius 1 is 1.39 bits per heavy atom. The number of aliphatic hydroxyl groups excluding tert-OH is 1. The molecule has 2 aromatic heterocycles. The van der Waals surface area contributed by atoms with E-state index in [1.54, 1.807) is 11.8 Å². The van der Waals surface area contributed by atoms with Crippen LogP contribution in [-0.4, -0.2) is 38.2 Å². The number of aliphatic hydroxyl groups is 1. The molecule has 0 fully saturated rings. The molecule has 4 rings (SSSR count). The van der Waals surface area contributed by atoms with Gasteiger partial charge in [-0.3, -0.25) is 14.6 Å². The highest BCUT2D eigenvalue weighted by molar-refractivity contribution is 9.10. The van der Waals surface area contributed by atoms with E-state index in [1.807, 2.05) is 54.5 Å². The van der Waals surface area contributed by atoms with Gasteiger partial charge in [-0.25, -0.2) is 9.55 Å². The van der Waals surface area contributed by atoms with Crippen LogP contribution >= 0.6 is 27.3 Å². The van der Waals surface area contributed by atoms with Gasteiger partial charge in [0.05, 0.1) is 33.7 Å². The molecule has 1 aromatic carbocycles. The molecule has 0 radical (unpaired) electrons. The van der Waals surface area contributed by atoms with Gasteiger partial charge in [-0.1, -0.05) is 28.1 Å². The molecule has 3 heterocycles. The SMILES string of the molecule is Cc1nc(C)c(C(=O)C2=C(O)C(=O)N(CCC[n+]3cc[nH]c3)C2c2cccc(Br)c2)s1. The quantitative estimate of drug-likeness (QED) is 0.380. The molecule has 0 spiro atoms. The smallest absolute Gasteiger partial charge is 0.290 e. The molecule has 7 nitrogen and oxygen atoms in total. The van der Waals surface area contributed by atoms with Crippen molar-refractivity contribution < 1.29 is 19.3 Å². The fourth-order valence-electron chi connectivity index (χ4n) is 3.89. The van der Waals surface area contributed by atoms with Crippen molar-refractivity contribution in [1.29, 1.82) is 0 Å². The number of H-pyrrole nitrogens is 1. The van der Waals surface area contributed by atoms with Crippen LogP contribution < -0.4 is 4.57 Å². The van der Waals surface area contributed by atoms with Gasteiger partial charge in [0.1, 0.15) is 12.4 Å². The summed E-state index contributed by atoms with van der Waals surface area (Å²) in [4.78, 5) is 35.9. The molecule has 0 aliphatic carbocycles. The summed E-state index contributed by atoms with van der Waals surface area (Å²) in [5, 5.41) is 11.5. The predicted molar refractivity (Wildman–Crippen MR) is 120 cm³/mol. The van der Waals surface area contributed by atoms with Crippen molar-refractivity contribution in [3.8, 4) is 0 Å². The molecule has 1 aliphatic rings. The first-order valence-corrected chi connectivity index (χ1v) is 11.5. The summed E-state index contributed by atoms with van der Waals surface area (Å²) in [6, 6.07) is 6.83. The van der Waals surface area contributed by atoms with Crippen LogP contribution in [0.1, 0.15) is 38.4 Å². The van der Waals surface area contributed by atoms with Crippen molar-refractivity contribution in [2.75, 3.05) is 6.54 Å². The third-order valence-electron chi connectivity index (χ3n) is 5.24. The highest BCUT2D eigenvalue weighted by atomic mass is 79.9. The molecule has 0 bridgehead atoms. The zero-order valence-electron chi connectivity index (χ0n) is 17.1. The number of amides is 1. The van der Waals surface area contributed by atoms with Crippen LogP contribution in [0, 0.1) is 13.8 Å². The van der Waals surface area contributed by atoms with E-state index in [0.29, 0.717) is 30.1 Å². The number of carbonyl (C=O) groups is 2. The van der Waals surface area contributed by atoms with E-state index >= 15 is 0 Å². The van der Waals surface area contributed by atoms with Gasteiger partial charge in [0, 0.05) is 17.4 Å². The first-order valence-electron chi connectivity index (χ1n) is 9.87. The van der Waals surface area contributed by atoms with Crippen LogP contribution in [0.4, 0.5) is 0 Å². The van der Waals surface area contributed by atoms with Crippen molar-refractivity contribution in [3.63, 3.8) is 0 Å². The summed E-state index contributed by atoms with van der Waals surface area (Å²) < 4.78 is 2.82. The van der Waals surface area contributed by atoms with E-state index in [9.17, 15) is 14.7 Å². The number of hydrogen-bond acceptors (Lipinski definition) is 5. The first-order chi connectivity index (χ1) is 14.9. The number of imidazole rings is 1. The van der Waals surface area contributed by atoms with Crippen molar-refractivity contribution in [1.82, 2.24) is 14.9 Å². The van der Waals surface area contributed by atoms with Gasteiger partial charge in [-0.15, -0.1) is 11.3 Å². The number of halogens is 1. The fourth-order valence-corrected chi connectivity index (χ4v) is 5.18. The highest BCUT2D eigenvalue weighted by Gasteiger charge is 2.44. The van der Waals surface area contributed by atoms with Gasteiger partial charge in [-0.05, 0) is 31.5 Å². The molecule has 0 saturated carbocycles. The van der Waals surface area contributed by atoms with Crippen LogP contribution in [0.2, 0.25) is 0 Å². The van der Waals surface area contributed by atoms with Gasteiger partial charge in [0.2, 0.25) is 12.1 Å². The molecule has 1 amide bonds. The molecule has 2 N–H and O–H groups in total. The minimum absolute atomic E-state index is 0.115. The van der Waals surface area contributed by atoms with Gasteiger partial charge in [0.25, 0.3) is 5.91 Å². The molecule has 31 heavy (non-hydrogen) atoms. The average molecular weight is 502 g/mol. The Balaban J connectivity index is 1.70. The number of carbonyl (C=O) groups excluding carboxylic acids is 2. The number of rotatable bonds is 7. The highest BCUT2D eigenvalue weighted by Crippen LogP contribution is 2.40. The molecule has 3 aromatic rings. The topological polar surface area (TPSA) is 90.2 Å². The molecular formula is C22H22BrN4O3S+. The number of hydrogen-bond donors (Lipinski definition) is 2. The summed E-state index contributed by atoms with van der Waals surface area (Å²) in [5.41, 5.74) is 1.49. The summed E-state index contributed by atoms with van der Waals surface area (Å²) >= 11 is 4.75. The fraction of sp³-hybridized carbons (Fsp3) is 0.273. The zero-order valence-corrected chi connectivity index (χ0v) is 19.5. The second-order valence-corrected chi connectivity index (χ2v) is 9.52. The second-order valence-electron chi connectivity index (χ2n) is 7.40. The normalized spacial score (nSPS) is 16.4. The van der Waals surface area contributed by atoms with Gasteiger partial charge >= 0.3 is 0 Å². The molecule has 9 heteroatoms. The third kappa shape index (κ3) is 4.20.